The number of hydrogen-bond acceptors (Lipinski definition) is 2. The Balaban J connectivity index is 1.96. The Labute approximate surface area is 69.5 Å². The second-order valence-corrected chi connectivity index (χ2v) is 3.43. The van der Waals surface area contributed by atoms with Crippen molar-refractivity contribution in [3.05, 3.63) is 0 Å². The number of rotatable bonds is 4. The molecule has 0 aromatic rings. The summed E-state index contributed by atoms with van der Waals surface area (Å²) in [5.74, 6) is 0. The van der Waals surface area contributed by atoms with Crippen LogP contribution in [0.3, 0.4) is 0 Å². The van der Waals surface area contributed by atoms with E-state index in [0.717, 1.165) is 25.6 Å². The molecule has 0 bridgehead atoms. The molecule has 2 nitrogen and oxygen atoms in total. The minimum absolute atomic E-state index is 0.801. The summed E-state index contributed by atoms with van der Waals surface area (Å²) in [6.07, 6.45) is 8.15. The van der Waals surface area contributed by atoms with Crippen LogP contribution in [-0.2, 0) is 0 Å². The summed E-state index contributed by atoms with van der Waals surface area (Å²) < 4.78 is 0. The van der Waals surface area contributed by atoms with E-state index in [2.05, 4.69) is 5.32 Å². The SMILES string of the molecule is NCCCNC1CCCCC1. The van der Waals surface area contributed by atoms with Crippen molar-refractivity contribution in [2.45, 2.75) is 44.6 Å². The van der Waals surface area contributed by atoms with Crippen LogP contribution in [0.15, 0.2) is 0 Å². The first-order valence-electron chi connectivity index (χ1n) is 4.87. The molecule has 2 heteroatoms. The summed E-state index contributed by atoms with van der Waals surface area (Å²) in [7, 11) is 0. The Hall–Kier alpha value is -0.0800. The van der Waals surface area contributed by atoms with Gasteiger partial charge in [0.05, 0.1) is 0 Å². The molecule has 1 aliphatic rings. The van der Waals surface area contributed by atoms with E-state index in [-0.39, 0.29) is 0 Å². The second kappa shape index (κ2) is 5.56. The molecule has 0 aromatic carbocycles. The van der Waals surface area contributed by atoms with Gasteiger partial charge in [0.15, 0.2) is 0 Å². The van der Waals surface area contributed by atoms with E-state index in [0.29, 0.717) is 0 Å². The summed E-state index contributed by atoms with van der Waals surface area (Å²) in [4.78, 5) is 0. The maximum absolute atomic E-state index is 5.40. The average Bonchev–Trinajstić information content (AvgIpc) is 2.07. The van der Waals surface area contributed by atoms with Crippen LogP contribution in [0, 0.1) is 0 Å². The molecule has 0 radical (unpaired) electrons. The maximum atomic E-state index is 5.40. The van der Waals surface area contributed by atoms with Crippen LogP contribution >= 0.6 is 0 Å². The van der Waals surface area contributed by atoms with Crippen LogP contribution in [0.25, 0.3) is 0 Å². The summed E-state index contributed by atoms with van der Waals surface area (Å²) in [5, 5.41) is 3.54. The first-order valence-corrected chi connectivity index (χ1v) is 4.87. The highest BCUT2D eigenvalue weighted by molar-refractivity contribution is 4.71. The zero-order valence-corrected chi connectivity index (χ0v) is 7.31. The predicted molar refractivity (Wildman–Crippen MR) is 48.5 cm³/mol. The van der Waals surface area contributed by atoms with Gasteiger partial charge in [0.2, 0.25) is 0 Å². The lowest BCUT2D eigenvalue weighted by molar-refractivity contribution is 0.373. The molecule has 0 atom stereocenters. The Morgan fingerprint density at radius 1 is 1.18 bits per heavy atom. The summed E-state index contributed by atoms with van der Waals surface area (Å²) in [6, 6.07) is 0.801. The number of nitrogens with two attached hydrogens (primary N) is 1. The van der Waals surface area contributed by atoms with Gasteiger partial charge in [-0.3, -0.25) is 0 Å². The molecule has 0 amide bonds. The number of nitrogens with one attached hydrogen (secondary N) is 1. The molecule has 0 heterocycles. The Bertz CT molecular complexity index is 87.6. The van der Waals surface area contributed by atoms with Gasteiger partial charge in [-0.1, -0.05) is 19.3 Å². The third-order valence-electron chi connectivity index (χ3n) is 2.42. The van der Waals surface area contributed by atoms with Crippen molar-refractivity contribution >= 4 is 0 Å². The van der Waals surface area contributed by atoms with E-state index < -0.39 is 0 Å². The third kappa shape index (κ3) is 3.73. The Morgan fingerprint density at radius 2 is 1.91 bits per heavy atom. The lowest BCUT2D eigenvalue weighted by Gasteiger charge is -2.22. The fourth-order valence-corrected chi connectivity index (χ4v) is 1.71. The highest BCUT2D eigenvalue weighted by Crippen LogP contribution is 2.16. The smallest absolute Gasteiger partial charge is 0.00670 e. The molecule has 1 rings (SSSR count). The van der Waals surface area contributed by atoms with Crippen molar-refractivity contribution in [1.29, 1.82) is 0 Å². The van der Waals surface area contributed by atoms with E-state index in [9.17, 15) is 0 Å². The largest absolute Gasteiger partial charge is 0.330 e. The first kappa shape index (κ1) is 9.01. The topological polar surface area (TPSA) is 38.0 Å². The molecule has 66 valence electrons. The van der Waals surface area contributed by atoms with E-state index in [4.69, 9.17) is 5.73 Å². The van der Waals surface area contributed by atoms with Gasteiger partial charge < -0.3 is 11.1 Å². The van der Waals surface area contributed by atoms with Gasteiger partial charge in [0.25, 0.3) is 0 Å². The fourth-order valence-electron chi connectivity index (χ4n) is 1.71. The van der Waals surface area contributed by atoms with E-state index in [1.54, 1.807) is 0 Å². The van der Waals surface area contributed by atoms with Crippen LogP contribution in [0.2, 0.25) is 0 Å². The van der Waals surface area contributed by atoms with Crippen LogP contribution in [0.1, 0.15) is 38.5 Å². The molecule has 0 saturated heterocycles. The van der Waals surface area contributed by atoms with E-state index >= 15 is 0 Å². The van der Waals surface area contributed by atoms with Gasteiger partial charge in [0, 0.05) is 6.04 Å². The van der Waals surface area contributed by atoms with Crippen molar-refractivity contribution in [2.24, 2.45) is 5.73 Å². The summed E-state index contributed by atoms with van der Waals surface area (Å²) in [6.45, 7) is 1.93. The highest BCUT2D eigenvalue weighted by Gasteiger charge is 2.11. The lowest BCUT2D eigenvalue weighted by atomic mass is 9.95. The first-order chi connectivity index (χ1) is 5.43. The Morgan fingerprint density at radius 3 is 2.55 bits per heavy atom. The van der Waals surface area contributed by atoms with Crippen molar-refractivity contribution in [3.63, 3.8) is 0 Å². The van der Waals surface area contributed by atoms with Crippen LogP contribution < -0.4 is 11.1 Å². The van der Waals surface area contributed by atoms with Gasteiger partial charge in [-0.2, -0.15) is 0 Å². The van der Waals surface area contributed by atoms with Crippen LogP contribution in [0.4, 0.5) is 0 Å². The number of hydrogen-bond donors (Lipinski definition) is 2. The van der Waals surface area contributed by atoms with Crippen molar-refractivity contribution < 1.29 is 0 Å². The molecule has 0 spiro atoms. The molecule has 0 aliphatic heterocycles. The zero-order chi connectivity index (χ0) is 7.94. The van der Waals surface area contributed by atoms with Crippen LogP contribution in [-0.4, -0.2) is 19.1 Å². The monoisotopic (exact) mass is 156 g/mol. The molecule has 0 unspecified atom stereocenters. The van der Waals surface area contributed by atoms with Gasteiger partial charge in [-0.05, 0) is 32.4 Å². The normalized spacial score (nSPS) is 20.5. The van der Waals surface area contributed by atoms with Crippen molar-refractivity contribution in [2.75, 3.05) is 13.1 Å². The average molecular weight is 156 g/mol. The van der Waals surface area contributed by atoms with Crippen molar-refractivity contribution in [1.82, 2.24) is 5.32 Å². The quantitative estimate of drug-likeness (QED) is 0.601. The summed E-state index contributed by atoms with van der Waals surface area (Å²) in [5.41, 5.74) is 5.40. The molecule has 0 aromatic heterocycles. The van der Waals surface area contributed by atoms with E-state index in [1.807, 2.05) is 0 Å². The zero-order valence-electron chi connectivity index (χ0n) is 7.31. The maximum Gasteiger partial charge on any atom is 0.00670 e. The Kier molecular flexibility index (Phi) is 4.55. The fraction of sp³-hybridized carbons (Fsp3) is 1.00. The molecular weight excluding hydrogens is 136 g/mol. The lowest BCUT2D eigenvalue weighted by Crippen LogP contribution is -2.32. The molecule has 1 saturated carbocycles. The molecular formula is C9H20N2. The molecule has 3 N–H and O–H groups in total. The van der Waals surface area contributed by atoms with Gasteiger partial charge >= 0.3 is 0 Å². The minimum atomic E-state index is 0.801. The minimum Gasteiger partial charge on any atom is -0.330 e. The van der Waals surface area contributed by atoms with Gasteiger partial charge in [-0.15, -0.1) is 0 Å². The van der Waals surface area contributed by atoms with Crippen LogP contribution in [0.5, 0.6) is 0 Å². The second-order valence-electron chi connectivity index (χ2n) is 3.43. The van der Waals surface area contributed by atoms with E-state index in [1.165, 1.54) is 32.1 Å². The molecule has 1 aliphatic carbocycles. The molecule has 1 fully saturated rings. The predicted octanol–water partition coefficient (Wildman–Crippen LogP) is 1.26. The molecule has 11 heavy (non-hydrogen) atoms. The van der Waals surface area contributed by atoms with Gasteiger partial charge in [-0.25, -0.2) is 0 Å². The van der Waals surface area contributed by atoms with Gasteiger partial charge in [0.1, 0.15) is 0 Å². The summed E-state index contributed by atoms with van der Waals surface area (Å²) >= 11 is 0. The van der Waals surface area contributed by atoms with Crippen molar-refractivity contribution in [3.8, 4) is 0 Å². The highest BCUT2D eigenvalue weighted by atomic mass is 14.9. The standard InChI is InChI=1S/C9H20N2/c10-7-4-8-11-9-5-2-1-3-6-9/h9,11H,1-8,10H2. The third-order valence-corrected chi connectivity index (χ3v) is 2.42.